The molecule has 0 N–H and O–H groups in total. The van der Waals surface area contributed by atoms with Crippen molar-refractivity contribution in [3.8, 4) is 0 Å². The summed E-state index contributed by atoms with van der Waals surface area (Å²) in [6.45, 7) is 0.489. The molecule has 0 saturated carbocycles. The van der Waals surface area contributed by atoms with E-state index in [0.717, 1.165) is 12.1 Å². The van der Waals surface area contributed by atoms with Gasteiger partial charge in [-0.15, -0.1) is 0 Å². The molecule has 9 heteroatoms. The van der Waals surface area contributed by atoms with Crippen molar-refractivity contribution in [1.29, 1.82) is 0 Å². The molecule has 1 amide bonds. The molecule has 0 aliphatic carbocycles. The maximum Gasteiger partial charge on any atom is 0.416 e. The van der Waals surface area contributed by atoms with Crippen molar-refractivity contribution in [3.63, 3.8) is 0 Å². The van der Waals surface area contributed by atoms with Gasteiger partial charge in [0.05, 0.1) is 17.1 Å². The van der Waals surface area contributed by atoms with E-state index in [0.29, 0.717) is 30.7 Å². The topological polar surface area (TPSA) is 67.6 Å². The van der Waals surface area contributed by atoms with Crippen LogP contribution in [0.3, 0.4) is 0 Å². The Kier molecular flexibility index (Phi) is 5.83. The number of furan rings is 1. The Balaban J connectivity index is 1.52. The van der Waals surface area contributed by atoms with Gasteiger partial charge in [-0.3, -0.25) is 4.79 Å². The molecule has 1 aromatic heterocycles. The van der Waals surface area contributed by atoms with E-state index in [9.17, 15) is 26.4 Å². The van der Waals surface area contributed by atoms with Gasteiger partial charge in [0.25, 0.3) is 0 Å². The molecule has 0 bridgehead atoms. The van der Waals surface area contributed by atoms with Gasteiger partial charge in [-0.25, -0.2) is 8.42 Å². The molecule has 3 rings (SSSR count). The number of nitrogens with zero attached hydrogens (tertiary/aromatic N) is 1. The van der Waals surface area contributed by atoms with Crippen LogP contribution in [0.1, 0.15) is 29.7 Å². The van der Waals surface area contributed by atoms with Crippen LogP contribution in [0.2, 0.25) is 0 Å². The highest BCUT2D eigenvalue weighted by Crippen LogP contribution is 2.29. The second kappa shape index (κ2) is 7.98. The maximum absolute atomic E-state index is 12.6. The van der Waals surface area contributed by atoms with Gasteiger partial charge in [-0.1, -0.05) is 12.1 Å². The average molecular weight is 415 g/mol. The molecule has 0 unspecified atom stereocenters. The summed E-state index contributed by atoms with van der Waals surface area (Å²) in [5.41, 5.74) is -0.103. The molecule has 5 nitrogen and oxygen atoms in total. The van der Waals surface area contributed by atoms with Crippen LogP contribution in [0.15, 0.2) is 47.1 Å². The zero-order chi connectivity index (χ0) is 20.4. The first kappa shape index (κ1) is 20.4. The first-order chi connectivity index (χ1) is 13.1. The Morgan fingerprint density at radius 2 is 1.89 bits per heavy atom. The minimum absolute atomic E-state index is 0.121. The molecule has 0 radical (unpaired) electrons. The van der Waals surface area contributed by atoms with E-state index in [1.807, 2.05) is 0 Å². The number of hydrogen-bond acceptors (Lipinski definition) is 4. The lowest BCUT2D eigenvalue weighted by Crippen LogP contribution is -2.32. The van der Waals surface area contributed by atoms with Crippen molar-refractivity contribution in [2.45, 2.75) is 36.4 Å². The Bertz CT molecular complexity index is 906. The zero-order valence-electron chi connectivity index (χ0n) is 15.0. The molecule has 28 heavy (non-hydrogen) atoms. The summed E-state index contributed by atoms with van der Waals surface area (Å²) in [6.07, 6.45) is -2.18. The maximum atomic E-state index is 12.6. The number of aryl methyl sites for hydroxylation is 1. The van der Waals surface area contributed by atoms with Crippen LogP contribution in [0.4, 0.5) is 13.2 Å². The zero-order valence-corrected chi connectivity index (χ0v) is 15.8. The highest BCUT2D eigenvalue weighted by molar-refractivity contribution is 7.91. The minimum Gasteiger partial charge on any atom is -0.468 e. The smallest absolute Gasteiger partial charge is 0.416 e. The van der Waals surface area contributed by atoms with Crippen molar-refractivity contribution in [2.75, 3.05) is 13.1 Å². The Morgan fingerprint density at radius 1 is 1.18 bits per heavy atom. The molecule has 1 fully saturated rings. The fourth-order valence-electron chi connectivity index (χ4n) is 3.23. The third-order valence-electron chi connectivity index (χ3n) is 4.84. The quantitative estimate of drug-likeness (QED) is 0.725. The van der Waals surface area contributed by atoms with Crippen LogP contribution >= 0.6 is 0 Å². The molecule has 1 aliphatic heterocycles. The lowest BCUT2D eigenvalue weighted by atomic mass is 10.1. The molecule has 2 aromatic rings. The molecule has 1 aromatic carbocycles. The average Bonchev–Trinajstić information content (AvgIpc) is 3.31. The molecule has 0 spiro atoms. The van der Waals surface area contributed by atoms with E-state index >= 15 is 0 Å². The fraction of sp³-hybridized carbons (Fsp3) is 0.421. The Morgan fingerprint density at radius 3 is 2.50 bits per heavy atom. The van der Waals surface area contributed by atoms with Crippen molar-refractivity contribution in [2.24, 2.45) is 0 Å². The van der Waals surface area contributed by atoms with E-state index in [1.165, 1.54) is 23.3 Å². The van der Waals surface area contributed by atoms with E-state index in [1.54, 1.807) is 12.1 Å². The number of hydrogen-bond donors (Lipinski definition) is 0. The van der Waals surface area contributed by atoms with Crippen LogP contribution in [0.25, 0.3) is 0 Å². The number of alkyl halides is 3. The third-order valence-corrected chi connectivity index (χ3v) is 6.93. The van der Waals surface area contributed by atoms with Crippen LogP contribution in [0.5, 0.6) is 0 Å². The lowest BCUT2D eigenvalue weighted by molar-refractivity contribution is -0.137. The lowest BCUT2D eigenvalue weighted by Gasteiger charge is -2.17. The van der Waals surface area contributed by atoms with E-state index < -0.39 is 26.8 Å². The van der Waals surface area contributed by atoms with E-state index in [4.69, 9.17) is 4.42 Å². The van der Waals surface area contributed by atoms with Gasteiger partial charge in [-0.05, 0) is 42.7 Å². The summed E-state index contributed by atoms with van der Waals surface area (Å²) in [7, 11) is -3.43. The van der Waals surface area contributed by atoms with Gasteiger partial charge in [-0.2, -0.15) is 13.2 Å². The van der Waals surface area contributed by atoms with Crippen molar-refractivity contribution < 1.29 is 30.8 Å². The first-order valence-corrected chi connectivity index (χ1v) is 10.5. The van der Waals surface area contributed by atoms with Gasteiger partial charge >= 0.3 is 6.18 Å². The number of benzene rings is 1. The second-order valence-corrected chi connectivity index (χ2v) is 9.11. The summed E-state index contributed by atoms with van der Waals surface area (Å²) in [5.74, 6) is -0.0270. The van der Waals surface area contributed by atoms with Gasteiger partial charge in [0.1, 0.15) is 11.5 Å². The highest BCUT2D eigenvalue weighted by atomic mass is 32.2. The third kappa shape index (κ3) is 4.95. The predicted octanol–water partition coefficient (Wildman–Crippen LogP) is 3.45. The number of likely N-dealkylation sites (tertiary alicyclic amines) is 1. The monoisotopic (exact) mass is 415 g/mol. The highest BCUT2D eigenvalue weighted by Gasteiger charge is 2.35. The summed E-state index contributed by atoms with van der Waals surface area (Å²) in [5, 5.41) is -0.632. The molecule has 2 heterocycles. The molecular weight excluding hydrogens is 395 g/mol. The molecular formula is C19H20F3NO4S. The van der Waals surface area contributed by atoms with Crippen molar-refractivity contribution in [3.05, 3.63) is 59.5 Å². The summed E-state index contributed by atoms with van der Waals surface area (Å²) >= 11 is 0. The number of carbonyl (C=O) groups is 1. The number of sulfone groups is 1. The van der Waals surface area contributed by atoms with Gasteiger partial charge in [0.15, 0.2) is 9.84 Å². The largest absolute Gasteiger partial charge is 0.468 e. The standard InChI is InChI=1S/C19H20F3NO4S/c20-19(21,22)15-6-3-14(4-7-15)5-8-18(24)23-10-9-17(12-23)28(25,26)13-16-2-1-11-27-16/h1-4,6-7,11,17H,5,8-10,12-13H2/t17-/m0/s1. The van der Waals surface area contributed by atoms with Crippen molar-refractivity contribution in [1.82, 2.24) is 4.90 Å². The van der Waals surface area contributed by atoms with Gasteiger partial charge < -0.3 is 9.32 Å². The van der Waals surface area contributed by atoms with Crippen LogP contribution in [-0.2, 0) is 33.0 Å². The van der Waals surface area contributed by atoms with Gasteiger partial charge in [0.2, 0.25) is 5.91 Å². The van der Waals surface area contributed by atoms with Crippen LogP contribution in [0, 0.1) is 0 Å². The molecule has 1 saturated heterocycles. The summed E-state index contributed by atoms with van der Waals surface area (Å²) in [4.78, 5) is 13.9. The Labute approximate surface area is 161 Å². The SMILES string of the molecule is O=C(CCc1ccc(C(F)(F)F)cc1)N1CC[C@H](S(=O)(=O)Cc2ccco2)C1. The number of amides is 1. The Hall–Kier alpha value is -2.29. The number of rotatable bonds is 6. The summed E-state index contributed by atoms with van der Waals surface area (Å²) in [6, 6.07) is 7.92. The first-order valence-electron chi connectivity index (χ1n) is 8.83. The molecule has 1 atom stereocenters. The normalized spacial score (nSPS) is 17.8. The van der Waals surface area contributed by atoms with Crippen LogP contribution < -0.4 is 0 Å². The van der Waals surface area contributed by atoms with Crippen LogP contribution in [-0.4, -0.2) is 37.6 Å². The molecule has 152 valence electrons. The number of carbonyl (C=O) groups excluding carboxylic acids is 1. The fourth-order valence-corrected chi connectivity index (χ4v) is 4.90. The predicted molar refractivity (Wildman–Crippen MR) is 96.1 cm³/mol. The minimum atomic E-state index is -4.39. The second-order valence-electron chi connectivity index (χ2n) is 6.83. The number of halogens is 3. The van der Waals surface area contributed by atoms with Crippen molar-refractivity contribution >= 4 is 15.7 Å². The van der Waals surface area contributed by atoms with E-state index in [-0.39, 0.29) is 24.6 Å². The molecule has 1 aliphatic rings. The summed E-state index contributed by atoms with van der Waals surface area (Å²) < 4.78 is 67.8. The van der Waals surface area contributed by atoms with Gasteiger partial charge in [0, 0.05) is 19.5 Å². The van der Waals surface area contributed by atoms with E-state index in [2.05, 4.69) is 0 Å².